The smallest absolute Gasteiger partial charge is 0.323 e. The van der Waals surface area contributed by atoms with Crippen molar-refractivity contribution >= 4 is 11.9 Å². The Hall–Kier alpha value is -1.59. The number of nitrogens with zero attached hydrogens (tertiary/aromatic N) is 3. The van der Waals surface area contributed by atoms with Crippen LogP contribution in [0.1, 0.15) is 40.0 Å². The fourth-order valence-corrected chi connectivity index (χ4v) is 2.08. The minimum absolute atomic E-state index is 0.0497. The third-order valence-corrected chi connectivity index (χ3v) is 3.08. The molecule has 1 aromatic heterocycles. The zero-order chi connectivity index (χ0) is 13.8. The lowest BCUT2D eigenvalue weighted by Crippen LogP contribution is -2.14. The maximum Gasteiger partial charge on any atom is 0.323 e. The van der Waals surface area contributed by atoms with Gasteiger partial charge in [-0.2, -0.15) is 15.0 Å². The number of rotatable bonds is 7. The van der Waals surface area contributed by atoms with Gasteiger partial charge in [-0.1, -0.05) is 13.3 Å². The molecule has 19 heavy (non-hydrogen) atoms. The van der Waals surface area contributed by atoms with Crippen molar-refractivity contribution in [3.63, 3.8) is 0 Å². The molecule has 0 spiro atoms. The fraction of sp³-hybridized carbons (Fsp3) is 0.769. The number of hydrogen-bond donors (Lipinski definition) is 2. The number of aromatic nitrogens is 3. The maximum absolute atomic E-state index is 5.53. The third kappa shape index (κ3) is 3.94. The van der Waals surface area contributed by atoms with Crippen LogP contribution in [-0.4, -0.2) is 34.1 Å². The van der Waals surface area contributed by atoms with E-state index in [0.29, 0.717) is 23.9 Å². The van der Waals surface area contributed by atoms with E-state index in [-0.39, 0.29) is 6.10 Å². The van der Waals surface area contributed by atoms with Crippen LogP contribution in [-0.2, 0) is 0 Å². The van der Waals surface area contributed by atoms with Crippen molar-refractivity contribution in [2.75, 3.05) is 17.7 Å². The van der Waals surface area contributed by atoms with Crippen LogP contribution in [0.3, 0.4) is 0 Å². The lowest BCUT2D eigenvalue weighted by molar-refractivity contribution is 0.222. The van der Waals surface area contributed by atoms with Crippen LogP contribution >= 0.6 is 0 Å². The number of nitrogens with one attached hydrogen (secondary N) is 2. The Morgan fingerprint density at radius 1 is 1.26 bits per heavy atom. The predicted octanol–water partition coefficient (Wildman–Crippen LogP) is 2.30. The van der Waals surface area contributed by atoms with Crippen LogP contribution in [0, 0.1) is 5.92 Å². The Morgan fingerprint density at radius 2 is 2.00 bits per heavy atom. The van der Waals surface area contributed by atoms with Crippen molar-refractivity contribution in [1.82, 2.24) is 15.0 Å². The molecule has 2 N–H and O–H groups in total. The molecular formula is C13H23N5O. The standard InChI is InChI=1S/C13H23N5O/c1-5-6-9-7-10(9)15-12-16-11(14-4)17-13(18-12)19-8(2)3/h8-10H,5-7H2,1-4H3,(H2,14,15,16,17,18). The first-order valence-electron chi connectivity index (χ1n) is 6.99. The number of ether oxygens (including phenoxy) is 1. The SMILES string of the molecule is CCCC1CC1Nc1nc(NC)nc(OC(C)C)n1. The summed E-state index contributed by atoms with van der Waals surface area (Å²) in [6.07, 6.45) is 3.74. The van der Waals surface area contributed by atoms with E-state index in [1.54, 1.807) is 7.05 Å². The molecule has 2 atom stereocenters. The lowest BCUT2D eigenvalue weighted by Gasteiger charge is -2.11. The van der Waals surface area contributed by atoms with E-state index < -0.39 is 0 Å². The first-order valence-corrected chi connectivity index (χ1v) is 6.99. The van der Waals surface area contributed by atoms with E-state index >= 15 is 0 Å². The molecule has 0 amide bonds. The molecule has 0 radical (unpaired) electrons. The van der Waals surface area contributed by atoms with Crippen molar-refractivity contribution in [1.29, 1.82) is 0 Å². The Bertz CT molecular complexity index is 423. The van der Waals surface area contributed by atoms with Crippen LogP contribution in [0.15, 0.2) is 0 Å². The van der Waals surface area contributed by atoms with Gasteiger partial charge < -0.3 is 15.4 Å². The van der Waals surface area contributed by atoms with Crippen LogP contribution in [0.5, 0.6) is 6.01 Å². The fourth-order valence-electron chi connectivity index (χ4n) is 2.08. The Labute approximate surface area is 114 Å². The summed E-state index contributed by atoms with van der Waals surface area (Å²) in [7, 11) is 1.79. The highest BCUT2D eigenvalue weighted by molar-refractivity contribution is 5.37. The van der Waals surface area contributed by atoms with Gasteiger partial charge in [-0.15, -0.1) is 0 Å². The molecule has 1 aromatic rings. The first-order chi connectivity index (χ1) is 9.12. The molecule has 1 fully saturated rings. The van der Waals surface area contributed by atoms with Gasteiger partial charge in [0.1, 0.15) is 0 Å². The van der Waals surface area contributed by atoms with Gasteiger partial charge in [0.2, 0.25) is 11.9 Å². The lowest BCUT2D eigenvalue weighted by atomic mass is 10.2. The summed E-state index contributed by atoms with van der Waals surface area (Å²) in [5, 5.41) is 6.29. The average molecular weight is 265 g/mol. The second kappa shape index (κ2) is 6.04. The molecular weight excluding hydrogens is 242 g/mol. The largest absolute Gasteiger partial charge is 0.461 e. The van der Waals surface area contributed by atoms with Gasteiger partial charge in [0.15, 0.2) is 0 Å². The summed E-state index contributed by atoms with van der Waals surface area (Å²) in [5.74, 6) is 1.88. The van der Waals surface area contributed by atoms with Gasteiger partial charge in [-0.3, -0.25) is 0 Å². The summed E-state index contributed by atoms with van der Waals surface area (Å²) in [6.45, 7) is 6.12. The van der Waals surface area contributed by atoms with Gasteiger partial charge in [0.25, 0.3) is 0 Å². The van der Waals surface area contributed by atoms with E-state index in [1.165, 1.54) is 19.3 Å². The molecule has 0 aliphatic heterocycles. The van der Waals surface area contributed by atoms with E-state index in [4.69, 9.17) is 4.74 Å². The van der Waals surface area contributed by atoms with E-state index in [2.05, 4.69) is 32.5 Å². The molecule has 1 aliphatic rings. The minimum Gasteiger partial charge on any atom is -0.461 e. The van der Waals surface area contributed by atoms with Crippen LogP contribution < -0.4 is 15.4 Å². The van der Waals surface area contributed by atoms with Crippen molar-refractivity contribution in [3.05, 3.63) is 0 Å². The highest BCUT2D eigenvalue weighted by atomic mass is 16.5. The Morgan fingerprint density at radius 3 is 2.63 bits per heavy atom. The zero-order valence-electron chi connectivity index (χ0n) is 12.1. The van der Waals surface area contributed by atoms with Crippen LogP contribution in [0.25, 0.3) is 0 Å². The first kappa shape index (κ1) is 13.8. The van der Waals surface area contributed by atoms with Gasteiger partial charge >= 0.3 is 6.01 Å². The summed E-state index contributed by atoms with van der Waals surface area (Å²) >= 11 is 0. The highest BCUT2D eigenvalue weighted by Crippen LogP contribution is 2.36. The summed E-state index contributed by atoms with van der Waals surface area (Å²) in [6, 6.07) is 0.864. The Balaban J connectivity index is 2.03. The number of anilines is 2. The van der Waals surface area contributed by atoms with Crippen molar-refractivity contribution < 1.29 is 4.74 Å². The molecule has 106 valence electrons. The summed E-state index contributed by atoms with van der Waals surface area (Å²) in [4.78, 5) is 12.8. The molecule has 1 saturated carbocycles. The second-order valence-corrected chi connectivity index (χ2v) is 5.22. The van der Waals surface area contributed by atoms with Crippen molar-refractivity contribution in [3.8, 4) is 6.01 Å². The zero-order valence-corrected chi connectivity index (χ0v) is 12.1. The molecule has 2 rings (SSSR count). The Kier molecular flexibility index (Phi) is 4.39. The molecule has 0 bridgehead atoms. The molecule has 2 unspecified atom stereocenters. The molecule has 1 heterocycles. The molecule has 1 aliphatic carbocycles. The van der Waals surface area contributed by atoms with E-state index in [1.807, 2.05) is 13.8 Å². The summed E-state index contributed by atoms with van der Waals surface area (Å²) in [5.41, 5.74) is 0. The van der Waals surface area contributed by atoms with Gasteiger partial charge in [0, 0.05) is 13.1 Å². The molecule has 0 saturated heterocycles. The van der Waals surface area contributed by atoms with Crippen LogP contribution in [0.4, 0.5) is 11.9 Å². The van der Waals surface area contributed by atoms with E-state index in [0.717, 1.165) is 5.92 Å². The van der Waals surface area contributed by atoms with Gasteiger partial charge in [-0.25, -0.2) is 0 Å². The molecule has 0 aromatic carbocycles. The summed E-state index contributed by atoms with van der Waals surface area (Å²) < 4.78 is 5.53. The number of hydrogen-bond acceptors (Lipinski definition) is 6. The van der Waals surface area contributed by atoms with Gasteiger partial charge in [0.05, 0.1) is 6.10 Å². The van der Waals surface area contributed by atoms with Crippen molar-refractivity contribution in [2.45, 2.75) is 52.2 Å². The molecule has 6 nitrogen and oxygen atoms in total. The van der Waals surface area contributed by atoms with Crippen molar-refractivity contribution in [2.24, 2.45) is 5.92 Å². The van der Waals surface area contributed by atoms with Crippen LogP contribution in [0.2, 0.25) is 0 Å². The molecule has 6 heteroatoms. The predicted molar refractivity (Wildman–Crippen MR) is 75.6 cm³/mol. The highest BCUT2D eigenvalue weighted by Gasteiger charge is 2.36. The average Bonchev–Trinajstić information content (AvgIpc) is 3.06. The maximum atomic E-state index is 5.53. The minimum atomic E-state index is 0.0497. The second-order valence-electron chi connectivity index (χ2n) is 5.22. The normalized spacial score (nSPS) is 21.3. The van der Waals surface area contributed by atoms with E-state index in [9.17, 15) is 0 Å². The van der Waals surface area contributed by atoms with Gasteiger partial charge in [-0.05, 0) is 32.6 Å². The topological polar surface area (TPSA) is 72.0 Å². The third-order valence-electron chi connectivity index (χ3n) is 3.08. The monoisotopic (exact) mass is 265 g/mol. The quantitative estimate of drug-likeness (QED) is 0.788.